The Morgan fingerprint density at radius 3 is 2.10 bits per heavy atom. The summed E-state index contributed by atoms with van der Waals surface area (Å²) in [6.45, 7) is 6.44. The fourth-order valence-electron chi connectivity index (χ4n) is 3.03. The van der Waals surface area contributed by atoms with Crippen molar-refractivity contribution in [1.29, 1.82) is 0 Å². The van der Waals surface area contributed by atoms with Gasteiger partial charge in [0.2, 0.25) is 0 Å². The summed E-state index contributed by atoms with van der Waals surface area (Å²) in [5, 5.41) is 14.8. The number of carbonyl (C=O) groups excluding carboxylic acids is 1. The Morgan fingerprint density at radius 2 is 1.58 bits per heavy atom. The van der Waals surface area contributed by atoms with Crippen molar-refractivity contribution in [3.63, 3.8) is 0 Å². The zero-order valence-electron chi connectivity index (χ0n) is 17.2. The maximum Gasteiger partial charge on any atom is 0.414 e. The van der Waals surface area contributed by atoms with Gasteiger partial charge >= 0.3 is 11.9 Å². The number of ether oxygens (including phenoxy) is 1. The lowest BCUT2D eigenvalue weighted by atomic mass is 10.1. The molecule has 1 amide bonds. The molecule has 0 atom stereocenters. The Labute approximate surface area is 179 Å². The van der Waals surface area contributed by atoms with Crippen molar-refractivity contribution in [2.75, 3.05) is 32.8 Å². The number of carboxylic acid groups (broad SMARTS) is 2. The zero-order valence-corrected chi connectivity index (χ0v) is 17.2. The van der Waals surface area contributed by atoms with Crippen LogP contribution in [0.25, 0.3) is 0 Å². The summed E-state index contributed by atoms with van der Waals surface area (Å²) in [5.74, 6) is -3.23. The minimum absolute atomic E-state index is 0.0970. The molecule has 1 aliphatic rings. The Morgan fingerprint density at radius 1 is 0.968 bits per heavy atom. The van der Waals surface area contributed by atoms with Crippen LogP contribution in [0.3, 0.4) is 0 Å². The van der Waals surface area contributed by atoms with Crippen molar-refractivity contribution >= 4 is 17.8 Å². The van der Waals surface area contributed by atoms with E-state index in [0.29, 0.717) is 25.3 Å². The van der Waals surface area contributed by atoms with Crippen molar-refractivity contribution in [3.8, 4) is 5.75 Å². The average Bonchev–Trinajstić information content (AvgIpc) is 2.76. The molecule has 2 aromatic carbocycles. The van der Waals surface area contributed by atoms with E-state index in [4.69, 9.17) is 24.5 Å². The van der Waals surface area contributed by atoms with E-state index >= 15 is 0 Å². The van der Waals surface area contributed by atoms with Crippen LogP contribution in [0.5, 0.6) is 5.75 Å². The molecule has 1 saturated heterocycles. The average molecular weight is 432 g/mol. The summed E-state index contributed by atoms with van der Waals surface area (Å²) < 4.78 is 18.7. The van der Waals surface area contributed by atoms with Crippen LogP contribution in [0.15, 0.2) is 48.5 Å². The predicted octanol–water partition coefficient (Wildman–Crippen LogP) is 2.34. The van der Waals surface area contributed by atoms with E-state index in [9.17, 15) is 9.18 Å². The summed E-state index contributed by atoms with van der Waals surface area (Å²) in [4.78, 5) is 34.8. The van der Waals surface area contributed by atoms with Crippen LogP contribution in [0, 0.1) is 5.82 Å². The number of hydrogen-bond donors (Lipinski definition) is 2. The molecule has 0 radical (unpaired) electrons. The van der Waals surface area contributed by atoms with Crippen molar-refractivity contribution in [2.45, 2.75) is 13.5 Å². The van der Waals surface area contributed by atoms with Gasteiger partial charge in [-0.05, 0) is 42.8 Å². The summed E-state index contributed by atoms with van der Waals surface area (Å²) >= 11 is 0. The molecule has 0 unspecified atom stereocenters. The first-order valence-electron chi connectivity index (χ1n) is 9.75. The topological polar surface area (TPSA) is 107 Å². The quantitative estimate of drug-likeness (QED) is 0.699. The van der Waals surface area contributed by atoms with E-state index in [1.54, 1.807) is 17.0 Å². The Hall–Kier alpha value is -3.46. The van der Waals surface area contributed by atoms with E-state index in [0.717, 1.165) is 25.4 Å². The van der Waals surface area contributed by atoms with Crippen molar-refractivity contribution in [3.05, 3.63) is 65.5 Å². The van der Waals surface area contributed by atoms with Gasteiger partial charge in [0.05, 0.1) is 6.61 Å². The third kappa shape index (κ3) is 7.71. The molecule has 9 heteroatoms. The molecule has 3 rings (SSSR count). The molecule has 31 heavy (non-hydrogen) atoms. The molecule has 0 bridgehead atoms. The van der Waals surface area contributed by atoms with E-state index in [2.05, 4.69) is 17.0 Å². The summed E-state index contributed by atoms with van der Waals surface area (Å²) in [6.07, 6.45) is 0. The standard InChI is InChI=1S/C20H23FN2O2.C2H2O4/c1-2-25-19-8-6-16(7-9-19)15-22-10-12-23(13-11-22)20(24)17-4-3-5-18(21)14-17;3-1(4)2(5)6/h3-9,14H,2,10-13,15H2,1H3;(H,3,4)(H,5,6). The molecule has 1 fully saturated rings. The fraction of sp³-hybridized carbons (Fsp3) is 0.318. The second-order valence-corrected chi connectivity index (χ2v) is 6.77. The van der Waals surface area contributed by atoms with Gasteiger partial charge in [0, 0.05) is 38.3 Å². The zero-order chi connectivity index (χ0) is 22.8. The molecule has 1 heterocycles. The number of rotatable bonds is 5. The highest BCUT2D eigenvalue weighted by Gasteiger charge is 2.22. The van der Waals surface area contributed by atoms with Crippen molar-refractivity contribution < 1.29 is 33.7 Å². The number of nitrogens with zero attached hydrogens (tertiary/aromatic N) is 2. The molecule has 0 spiro atoms. The number of piperazine rings is 1. The molecule has 0 aromatic heterocycles. The minimum Gasteiger partial charge on any atom is -0.494 e. The van der Waals surface area contributed by atoms with Gasteiger partial charge in [-0.2, -0.15) is 0 Å². The first-order chi connectivity index (χ1) is 14.8. The number of halogens is 1. The van der Waals surface area contributed by atoms with E-state index < -0.39 is 11.9 Å². The molecular formula is C22H25FN2O6. The number of carboxylic acids is 2. The highest BCUT2D eigenvalue weighted by atomic mass is 19.1. The van der Waals surface area contributed by atoms with Crippen molar-refractivity contribution in [2.24, 2.45) is 0 Å². The highest BCUT2D eigenvalue weighted by Crippen LogP contribution is 2.16. The number of carbonyl (C=O) groups is 3. The lowest BCUT2D eigenvalue weighted by molar-refractivity contribution is -0.159. The van der Waals surface area contributed by atoms with Crippen LogP contribution >= 0.6 is 0 Å². The van der Waals surface area contributed by atoms with E-state index in [1.165, 1.54) is 17.7 Å². The normalized spacial score (nSPS) is 13.7. The smallest absolute Gasteiger partial charge is 0.414 e. The van der Waals surface area contributed by atoms with Gasteiger partial charge in [0.15, 0.2) is 0 Å². The molecule has 166 valence electrons. The third-order valence-corrected chi connectivity index (χ3v) is 4.55. The van der Waals surface area contributed by atoms with E-state index in [1.807, 2.05) is 19.1 Å². The number of benzene rings is 2. The number of aliphatic carboxylic acids is 2. The SMILES string of the molecule is CCOc1ccc(CN2CCN(C(=O)c3cccc(F)c3)CC2)cc1.O=C(O)C(=O)O. The van der Waals surface area contributed by atoms with Crippen LogP contribution in [0.1, 0.15) is 22.8 Å². The summed E-state index contributed by atoms with van der Waals surface area (Å²) in [6, 6.07) is 14.0. The molecular weight excluding hydrogens is 407 g/mol. The maximum atomic E-state index is 13.3. The van der Waals surface area contributed by atoms with Crippen LogP contribution in [0.4, 0.5) is 4.39 Å². The minimum atomic E-state index is -1.82. The molecule has 8 nitrogen and oxygen atoms in total. The molecule has 2 N–H and O–H groups in total. The van der Waals surface area contributed by atoms with Crippen LogP contribution in [-0.4, -0.2) is 70.6 Å². The predicted molar refractivity (Wildman–Crippen MR) is 110 cm³/mol. The van der Waals surface area contributed by atoms with Gasteiger partial charge in [-0.15, -0.1) is 0 Å². The first kappa shape index (κ1) is 23.8. The fourth-order valence-corrected chi connectivity index (χ4v) is 3.03. The van der Waals surface area contributed by atoms with Crippen LogP contribution in [0.2, 0.25) is 0 Å². The Bertz CT molecular complexity index is 883. The van der Waals surface area contributed by atoms with Crippen LogP contribution in [-0.2, 0) is 16.1 Å². The number of amides is 1. The third-order valence-electron chi connectivity index (χ3n) is 4.55. The first-order valence-corrected chi connectivity index (χ1v) is 9.75. The molecule has 2 aromatic rings. The second kappa shape index (κ2) is 11.7. The number of hydrogen-bond acceptors (Lipinski definition) is 5. The highest BCUT2D eigenvalue weighted by molar-refractivity contribution is 6.27. The van der Waals surface area contributed by atoms with Gasteiger partial charge < -0.3 is 19.8 Å². The Kier molecular flexibility index (Phi) is 8.95. The largest absolute Gasteiger partial charge is 0.494 e. The molecule has 0 aliphatic carbocycles. The van der Waals surface area contributed by atoms with Gasteiger partial charge in [-0.3, -0.25) is 9.69 Å². The van der Waals surface area contributed by atoms with Gasteiger partial charge in [-0.1, -0.05) is 18.2 Å². The van der Waals surface area contributed by atoms with Gasteiger partial charge in [0.25, 0.3) is 5.91 Å². The molecule has 0 saturated carbocycles. The molecule has 1 aliphatic heterocycles. The van der Waals surface area contributed by atoms with Gasteiger partial charge in [-0.25, -0.2) is 14.0 Å². The van der Waals surface area contributed by atoms with E-state index in [-0.39, 0.29) is 11.7 Å². The second-order valence-electron chi connectivity index (χ2n) is 6.77. The Balaban J connectivity index is 0.000000501. The summed E-state index contributed by atoms with van der Waals surface area (Å²) in [7, 11) is 0. The van der Waals surface area contributed by atoms with Gasteiger partial charge in [0.1, 0.15) is 11.6 Å². The summed E-state index contributed by atoms with van der Waals surface area (Å²) in [5.41, 5.74) is 1.65. The van der Waals surface area contributed by atoms with Crippen LogP contribution < -0.4 is 4.74 Å². The van der Waals surface area contributed by atoms with Crippen molar-refractivity contribution in [1.82, 2.24) is 9.80 Å². The lowest BCUT2D eigenvalue weighted by Gasteiger charge is -2.34. The maximum absolute atomic E-state index is 13.3. The lowest BCUT2D eigenvalue weighted by Crippen LogP contribution is -2.48. The monoisotopic (exact) mass is 432 g/mol.